The zero-order chi connectivity index (χ0) is 15.3. The Balaban J connectivity index is 2.96. The van der Waals surface area contributed by atoms with Gasteiger partial charge in [-0.3, -0.25) is 9.78 Å². The molecule has 0 saturated heterocycles. The van der Waals surface area contributed by atoms with Crippen molar-refractivity contribution in [3.05, 3.63) is 23.5 Å². The molecule has 1 unspecified atom stereocenters. The van der Waals surface area contributed by atoms with Gasteiger partial charge in [0.1, 0.15) is 0 Å². The molecule has 1 rings (SSSR count). The van der Waals surface area contributed by atoms with E-state index in [1.54, 1.807) is 6.20 Å². The lowest BCUT2D eigenvalue weighted by atomic mass is 10.0. The SMILES string of the molecule is CCNc1cc(C)ncc1C(=O)N(C)C(C)CC(C)C. The van der Waals surface area contributed by atoms with E-state index in [9.17, 15) is 4.79 Å². The molecule has 0 saturated carbocycles. The highest BCUT2D eigenvalue weighted by Gasteiger charge is 2.21. The number of nitrogens with one attached hydrogen (secondary N) is 1. The van der Waals surface area contributed by atoms with Crippen LogP contribution in [0.4, 0.5) is 5.69 Å². The standard InChI is InChI=1S/C16H27N3O/c1-7-17-15-9-12(4)18-10-14(15)16(20)19(6)13(5)8-11(2)3/h9-11,13H,7-8H2,1-6H3,(H,17,18). The van der Waals surface area contributed by atoms with E-state index in [1.165, 1.54) is 0 Å². The van der Waals surface area contributed by atoms with Crippen molar-refractivity contribution in [2.45, 2.75) is 47.1 Å². The van der Waals surface area contributed by atoms with Crippen molar-refractivity contribution >= 4 is 11.6 Å². The van der Waals surface area contributed by atoms with Gasteiger partial charge in [0.15, 0.2) is 0 Å². The van der Waals surface area contributed by atoms with Gasteiger partial charge in [0.05, 0.1) is 11.3 Å². The van der Waals surface area contributed by atoms with Gasteiger partial charge < -0.3 is 10.2 Å². The van der Waals surface area contributed by atoms with Gasteiger partial charge in [-0.2, -0.15) is 0 Å². The lowest BCUT2D eigenvalue weighted by molar-refractivity contribution is 0.0729. The number of hydrogen-bond donors (Lipinski definition) is 1. The van der Waals surface area contributed by atoms with Crippen LogP contribution in [0.25, 0.3) is 0 Å². The van der Waals surface area contributed by atoms with E-state index in [-0.39, 0.29) is 11.9 Å². The number of carbonyl (C=O) groups excluding carboxylic acids is 1. The molecule has 1 N–H and O–H groups in total. The van der Waals surface area contributed by atoms with Crippen LogP contribution in [0.5, 0.6) is 0 Å². The molecule has 0 aliphatic rings. The summed E-state index contributed by atoms with van der Waals surface area (Å²) in [6.45, 7) is 11.2. The Morgan fingerprint density at radius 3 is 2.60 bits per heavy atom. The third-order valence-corrected chi connectivity index (χ3v) is 3.43. The van der Waals surface area contributed by atoms with Crippen molar-refractivity contribution in [3.63, 3.8) is 0 Å². The van der Waals surface area contributed by atoms with E-state index in [0.29, 0.717) is 11.5 Å². The third kappa shape index (κ3) is 4.22. The number of aromatic nitrogens is 1. The Morgan fingerprint density at radius 1 is 1.40 bits per heavy atom. The minimum Gasteiger partial charge on any atom is -0.385 e. The number of hydrogen-bond acceptors (Lipinski definition) is 3. The first kappa shape index (κ1) is 16.5. The predicted molar refractivity (Wildman–Crippen MR) is 84.1 cm³/mol. The van der Waals surface area contributed by atoms with E-state index in [2.05, 4.69) is 31.1 Å². The smallest absolute Gasteiger partial charge is 0.257 e. The summed E-state index contributed by atoms with van der Waals surface area (Å²) >= 11 is 0. The molecular weight excluding hydrogens is 250 g/mol. The van der Waals surface area contributed by atoms with Crippen LogP contribution in [0.1, 0.15) is 50.2 Å². The number of aryl methyl sites for hydroxylation is 1. The molecule has 0 aliphatic carbocycles. The van der Waals surface area contributed by atoms with Crippen LogP contribution in [0.15, 0.2) is 12.3 Å². The van der Waals surface area contributed by atoms with Gasteiger partial charge in [-0.25, -0.2) is 0 Å². The maximum absolute atomic E-state index is 12.6. The van der Waals surface area contributed by atoms with Gasteiger partial charge >= 0.3 is 0 Å². The zero-order valence-corrected chi connectivity index (χ0v) is 13.5. The van der Waals surface area contributed by atoms with Gasteiger partial charge in [-0.15, -0.1) is 0 Å². The summed E-state index contributed by atoms with van der Waals surface area (Å²) in [5, 5.41) is 3.24. The van der Waals surface area contributed by atoms with Crippen LogP contribution in [-0.4, -0.2) is 35.4 Å². The van der Waals surface area contributed by atoms with Crippen LogP contribution < -0.4 is 5.32 Å². The number of rotatable bonds is 6. The fourth-order valence-corrected chi connectivity index (χ4v) is 2.30. The van der Waals surface area contributed by atoms with Crippen LogP contribution >= 0.6 is 0 Å². The van der Waals surface area contributed by atoms with E-state index >= 15 is 0 Å². The molecule has 1 atom stereocenters. The Bertz CT molecular complexity index is 457. The summed E-state index contributed by atoms with van der Waals surface area (Å²) in [5.74, 6) is 0.603. The van der Waals surface area contributed by atoms with Crippen LogP contribution in [0.2, 0.25) is 0 Å². The van der Waals surface area contributed by atoms with E-state index in [4.69, 9.17) is 0 Å². The first-order chi connectivity index (χ1) is 9.36. The molecule has 1 heterocycles. The second-order valence-electron chi connectivity index (χ2n) is 5.80. The molecule has 4 nitrogen and oxygen atoms in total. The minimum atomic E-state index is 0.0293. The lowest BCUT2D eigenvalue weighted by Gasteiger charge is -2.27. The minimum absolute atomic E-state index is 0.0293. The van der Waals surface area contributed by atoms with Gasteiger partial charge in [-0.1, -0.05) is 13.8 Å². The van der Waals surface area contributed by atoms with Crippen molar-refractivity contribution in [2.75, 3.05) is 18.9 Å². The van der Waals surface area contributed by atoms with Crippen molar-refractivity contribution in [1.29, 1.82) is 0 Å². The van der Waals surface area contributed by atoms with E-state index in [0.717, 1.165) is 24.3 Å². The Hall–Kier alpha value is -1.58. The zero-order valence-electron chi connectivity index (χ0n) is 13.5. The molecule has 112 valence electrons. The fourth-order valence-electron chi connectivity index (χ4n) is 2.30. The van der Waals surface area contributed by atoms with Crippen molar-refractivity contribution < 1.29 is 4.79 Å². The number of pyridine rings is 1. The summed E-state index contributed by atoms with van der Waals surface area (Å²) in [5.41, 5.74) is 2.43. The maximum Gasteiger partial charge on any atom is 0.257 e. The molecule has 0 spiro atoms. The first-order valence-corrected chi connectivity index (χ1v) is 7.34. The quantitative estimate of drug-likeness (QED) is 0.867. The molecule has 0 radical (unpaired) electrons. The van der Waals surface area contributed by atoms with Gasteiger partial charge in [0.2, 0.25) is 0 Å². The Labute approximate surface area is 122 Å². The first-order valence-electron chi connectivity index (χ1n) is 7.34. The topological polar surface area (TPSA) is 45.2 Å². The molecule has 0 aromatic carbocycles. The second-order valence-corrected chi connectivity index (χ2v) is 5.80. The van der Waals surface area contributed by atoms with Crippen LogP contribution in [0, 0.1) is 12.8 Å². The summed E-state index contributed by atoms with van der Waals surface area (Å²) in [4.78, 5) is 18.7. The number of nitrogens with zero attached hydrogens (tertiary/aromatic N) is 2. The monoisotopic (exact) mass is 277 g/mol. The predicted octanol–water partition coefficient (Wildman–Crippen LogP) is 3.33. The normalized spacial score (nSPS) is 12.3. The Morgan fingerprint density at radius 2 is 2.05 bits per heavy atom. The average molecular weight is 277 g/mol. The number of carbonyl (C=O) groups is 1. The largest absolute Gasteiger partial charge is 0.385 e. The van der Waals surface area contributed by atoms with E-state index < -0.39 is 0 Å². The molecule has 1 aromatic rings. The third-order valence-electron chi connectivity index (χ3n) is 3.43. The highest BCUT2D eigenvalue weighted by Crippen LogP contribution is 2.19. The van der Waals surface area contributed by atoms with E-state index in [1.807, 2.05) is 31.9 Å². The molecule has 0 aliphatic heterocycles. The highest BCUT2D eigenvalue weighted by atomic mass is 16.2. The second kappa shape index (κ2) is 7.27. The molecular formula is C16H27N3O. The summed E-state index contributed by atoms with van der Waals surface area (Å²) in [6.07, 6.45) is 2.67. The fraction of sp³-hybridized carbons (Fsp3) is 0.625. The van der Waals surface area contributed by atoms with Gasteiger partial charge in [0.25, 0.3) is 5.91 Å². The van der Waals surface area contributed by atoms with Crippen molar-refractivity contribution in [1.82, 2.24) is 9.88 Å². The highest BCUT2D eigenvalue weighted by molar-refractivity contribution is 5.99. The van der Waals surface area contributed by atoms with Crippen LogP contribution in [0.3, 0.4) is 0 Å². The summed E-state index contributed by atoms with van der Waals surface area (Å²) in [7, 11) is 1.87. The lowest BCUT2D eigenvalue weighted by Crippen LogP contribution is -2.36. The molecule has 0 bridgehead atoms. The van der Waals surface area contributed by atoms with Gasteiger partial charge in [0, 0.05) is 31.5 Å². The summed E-state index contributed by atoms with van der Waals surface area (Å²) in [6, 6.07) is 2.15. The molecule has 4 heteroatoms. The van der Waals surface area contributed by atoms with Crippen molar-refractivity contribution in [2.24, 2.45) is 5.92 Å². The number of anilines is 1. The van der Waals surface area contributed by atoms with Crippen molar-refractivity contribution in [3.8, 4) is 0 Å². The molecule has 20 heavy (non-hydrogen) atoms. The number of amides is 1. The average Bonchev–Trinajstić information content (AvgIpc) is 2.37. The summed E-state index contributed by atoms with van der Waals surface area (Å²) < 4.78 is 0. The molecule has 0 fully saturated rings. The maximum atomic E-state index is 12.6. The van der Waals surface area contributed by atoms with Crippen LogP contribution in [-0.2, 0) is 0 Å². The Kier molecular flexibility index (Phi) is 5.99. The van der Waals surface area contributed by atoms with Gasteiger partial charge in [-0.05, 0) is 39.2 Å². The molecule has 1 amide bonds. The molecule has 1 aromatic heterocycles.